The molecule has 2 saturated heterocycles. The van der Waals surface area contributed by atoms with E-state index in [9.17, 15) is 0 Å². The van der Waals surface area contributed by atoms with Crippen LogP contribution >= 0.6 is 0 Å². The highest BCUT2D eigenvalue weighted by Gasteiger charge is 2.37. The van der Waals surface area contributed by atoms with E-state index < -0.39 is 0 Å². The standard InChI is InChI=1S/C17H34N2O/c1-13(2)9-14-10-18-16(3,4)12-19(14)11-15-7-8-17(5,6)20-15/h13-15,18H,7-12H2,1-6H3. The largest absolute Gasteiger partial charge is 0.371 e. The molecular formula is C17H34N2O. The molecule has 1 N–H and O–H groups in total. The molecule has 0 aromatic carbocycles. The Morgan fingerprint density at radius 1 is 1.25 bits per heavy atom. The molecule has 3 nitrogen and oxygen atoms in total. The van der Waals surface area contributed by atoms with Crippen LogP contribution in [0.2, 0.25) is 0 Å². The maximum Gasteiger partial charge on any atom is 0.0710 e. The number of nitrogens with one attached hydrogen (secondary N) is 1. The van der Waals surface area contributed by atoms with Crippen LogP contribution in [0.3, 0.4) is 0 Å². The summed E-state index contributed by atoms with van der Waals surface area (Å²) in [5.41, 5.74) is 0.309. The van der Waals surface area contributed by atoms with Crippen LogP contribution in [0, 0.1) is 5.92 Å². The first-order valence-electron chi connectivity index (χ1n) is 8.34. The maximum atomic E-state index is 6.21. The Labute approximate surface area is 125 Å². The van der Waals surface area contributed by atoms with Gasteiger partial charge in [0.25, 0.3) is 0 Å². The fourth-order valence-corrected chi connectivity index (χ4v) is 3.67. The van der Waals surface area contributed by atoms with Crippen LogP contribution in [-0.4, -0.2) is 47.8 Å². The van der Waals surface area contributed by atoms with Gasteiger partial charge in [0, 0.05) is 31.2 Å². The van der Waals surface area contributed by atoms with Crippen molar-refractivity contribution in [2.45, 2.75) is 84.1 Å². The Morgan fingerprint density at radius 3 is 2.50 bits per heavy atom. The summed E-state index contributed by atoms with van der Waals surface area (Å²) in [6.07, 6.45) is 4.11. The zero-order valence-electron chi connectivity index (χ0n) is 14.3. The smallest absolute Gasteiger partial charge is 0.0710 e. The van der Waals surface area contributed by atoms with Gasteiger partial charge in [0.05, 0.1) is 11.7 Å². The lowest BCUT2D eigenvalue weighted by molar-refractivity contribution is -0.0435. The minimum atomic E-state index is 0.0851. The lowest BCUT2D eigenvalue weighted by atomic mass is 9.93. The number of nitrogens with zero attached hydrogens (tertiary/aromatic N) is 1. The first kappa shape index (κ1) is 16.3. The molecule has 2 fully saturated rings. The second-order valence-corrected chi connectivity index (χ2v) is 8.52. The predicted molar refractivity (Wildman–Crippen MR) is 85.1 cm³/mol. The molecule has 118 valence electrons. The molecule has 0 aromatic rings. The van der Waals surface area contributed by atoms with E-state index in [2.05, 4.69) is 51.8 Å². The molecule has 0 bridgehead atoms. The molecule has 20 heavy (non-hydrogen) atoms. The summed E-state index contributed by atoms with van der Waals surface area (Å²) in [6.45, 7) is 17.1. The fourth-order valence-electron chi connectivity index (χ4n) is 3.67. The summed E-state index contributed by atoms with van der Waals surface area (Å²) in [5, 5.41) is 3.70. The summed E-state index contributed by atoms with van der Waals surface area (Å²) in [4.78, 5) is 2.68. The van der Waals surface area contributed by atoms with E-state index in [1.165, 1.54) is 19.3 Å². The summed E-state index contributed by atoms with van der Waals surface area (Å²) in [7, 11) is 0. The van der Waals surface area contributed by atoms with E-state index in [4.69, 9.17) is 4.74 Å². The molecule has 2 unspecified atom stereocenters. The van der Waals surface area contributed by atoms with Gasteiger partial charge in [0.15, 0.2) is 0 Å². The molecule has 2 aliphatic rings. The van der Waals surface area contributed by atoms with Gasteiger partial charge in [-0.2, -0.15) is 0 Å². The van der Waals surface area contributed by atoms with Crippen molar-refractivity contribution in [3.8, 4) is 0 Å². The number of hydrogen-bond donors (Lipinski definition) is 1. The molecule has 2 atom stereocenters. The van der Waals surface area contributed by atoms with Crippen molar-refractivity contribution in [3.63, 3.8) is 0 Å². The minimum absolute atomic E-state index is 0.0851. The van der Waals surface area contributed by atoms with Crippen molar-refractivity contribution >= 4 is 0 Å². The highest BCUT2D eigenvalue weighted by atomic mass is 16.5. The summed E-state index contributed by atoms with van der Waals surface area (Å²) in [6, 6.07) is 0.662. The van der Waals surface area contributed by atoms with Crippen molar-refractivity contribution < 1.29 is 4.74 Å². The van der Waals surface area contributed by atoms with Gasteiger partial charge in [0.2, 0.25) is 0 Å². The van der Waals surface area contributed by atoms with E-state index in [1.54, 1.807) is 0 Å². The summed E-state index contributed by atoms with van der Waals surface area (Å²) < 4.78 is 6.21. The summed E-state index contributed by atoms with van der Waals surface area (Å²) in [5.74, 6) is 0.756. The lowest BCUT2D eigenvalue weighted by Crippen LogP contribution is -2.62. The zero-order chi connectivity index (χ0) is 15.0. The van der Waals surface area contributed by atoms with Gasteiger partial charge in [-0.1, -0.05) is 13.8 Å². The third kappa shape index (κ3) is 4.44. The first-order valence-corrected chi connectivity index (χ1v) is 8.34. The number of piperazine rings is 1. The average molecular weight is 282 g/mol. The van der Waals surface area contributed by atoms with Crippen molar-refractivity contribution in [2.24, 2.45) is 5.92 Å². The number of ether oxygens (including phenoxy) is 1. The molecule has 3 heteroatoms. The van der Waals surface area contributed by atoms with Crippen molar-refractivity contribution in [3.05, 3.63) is 0 Å². The first-order chi connectivity index (χ1) is 9.17. The van der Waals surface area contributed by atoms with Crippen molar-refractivity contribution in [1.29, 1.82) is 0 Å². The van der Waals surface area contributed by atoms with Crippen molar-refractivity contribution in [1.82, 2.24) is 10.2 Å². The van der Waals surface area contributed by atoms with Crippen LogP contribution in [0.4, 0.5) is 0 Å². The molecular weight excluding hydrogens is 248 g/mol. The molecule has 0 saturated carbocycles. The highest BCUT2D eigenvalue weighted by molar-refractivity contribution is 4.94. The van der Waals surface area contributed by atoms with Gasteiger partial charge >= 0.3 is 0 Å². The molecule has 2 heterocycles. The Morgan fingerprint density at radius 2 is 1.95 bits per heavy atom. The second kappa shape index (κ2) is 5.94. The van der Waals surface area contributed by atoms with E-state index in [0.717, 1.165) is 25.6 Å². The van der Waals surface area contributed by atoms with E-state index >= 15 is 0 Å². The van der Waals surface area contributed by atoms with Crippen LogP contribution < -0.4 is 5.32 Å². The van der Waals surface area contributed by atoms with E-state index in [1.807, 2.05) is 0 Å². The van der Waals surface area contributed by atoms with Gasteiger partial charge in [-0.15, -0.1) is 0 Å². The number of hydrogen-bond acceptors (Lipinski definition) is 3. The molecule has 2 aliphatic heterocycles. The molecule has 0 amide bonds. The normalized spacial score (nSPS) is 33.8. The Balaban J connectivity index is 1.96. The third-order valence-electron chi connectivity index (χ3n) is 4.67. The molecule has 0 aliphatic carbocycles. The third-order valence-corrected chi connectivity index (χ3v) is 4.67. The fraction of sp³-hybridized carbons (Fsp3) is 1.00. The van der Waals surface area contributed by atoms with Crippen LogP contribution in [0.5, 0.6) is 0 Å². The minimum Gasteiger partial charge on any atom is -0.371 e. The Bertz CT molecular complexity index is 325. The average Bonchev–Trinajstić information content (AvgIpc) is 2.61. The monoisotopic (exact) mass is 282 g/mol. The van der Waals surface area contributed by atoms with Gasteiger partial charge < -0.3 is 10.1 Å². The maximum absolute atomic E-state index is 6.21. The van der Waals surface area contributed by atoms with Crippen LogP contribution in [0.25, 0.3) is 0 Å². The second-order valence-electron chi connectivity index (χ2n) is 8.52. The van der Waals surface area contributed by atoms with Gasteiger partial charge in [0.1, 0.15) is 0 Å². The van der Waals surface area contributed by atoms with E-state index in [-0.39, 0.29) is 11.1 Å². The summed E-state index contributed by atoms with van der Waals surface area (Å²) >= 11 is 0. The van der Waals surface area contributed by atoms with E-state index in [0.29, 0.717) is 12.1 Å². The quantitative estimate of drug-likeness (QED) is 0.858. The zero-order valence-corrected chi connectivity index (χ0v) is 14.3. The predicted octanol–water partition coefficient (Wildman–Crippen LogP) is 3.04. The van der Waals surface area contributed by atoms with Crippen LogP contribution in [-0.2, 0) is 4.74 Å². The van der Waals surface area contributed by atoms with Crippen molar-refractivity contribution in [2.75, 3.05) is 19.6 Å². The highest BCUT2D eigenvalue weighted by Crippen LogP contribution is 2.31. The number of rotatable bonds is 4. The Kier molecular flexibility index (Phi) is 4.83. The topological polar surface area (TPSA) is 24.5 Å². The molecule has 0 aromatic heterocycles. The molecule has 0 spiro atoms. The SMILES string of the molecule is CC(C)CC1CNC(C)(C)CN1CC1CCC(C)(C)O1. The Hall–Kier alpha value is -0.120. The van der Waals surface area contributed by atoms with Gasteiger partial charge in [-0.3, -0.25) is 4.90 Å². The van der Waals surface area contributed by atoms with Crippen LogP contribution in [0.15, 0.2) is 0 Å². The van der Waals surface area contributed by atoms with Crippen LogP contribution in [0.1, 0.15) is 60.8 Å². The molecule has 2 rings (SSSR count). The lowest BCUT2D eigenvalue weighted by Gasteiger charge is -2.46. The van der Waals surface area contributed by atoms with Gasteiger partial charge in [-0.05, 0) is 52.9 Å². The molecule has 0 radical (unpaired) electrons. The van der Waals surface area contributed by atoms with Gasteiger partial charge in [-0.25, -0.2) is 0 Å².